The third-order valence-corrected chi connectivity index (χ3v) is 4.42. The van der Waals surface area contributed by atoms with Crippen molar-refractivity contribution in [1.82, 2.24) is 25.1 Å². The molecule has 0 radical (unpaired) electrons. The minimum Gasteiger partial charge on any atom is -0.351 e. The summed E-state index contributed by atoms with van der Waals surface area (Å²) in [5, 5.41) is 17.0. The molecule has 0 aliphatic rings. The van der Waals surface area contributed by atoms with E-state index in [2.05, 4.69) is 20.4 Å². The zero-order valence-electron chi connectivity index (χ0n) is 14.9. The third kappa shape index (κ3) is 5.06. The molecule has 1 atom stereocenters. The van der Waals surface area contributed by atoms with E-state index in [4.69, 9.17) is 28.5 Å². The molecule has 1 amide bonds. The lowest BCUT2D eigenvalue weighted by molar-refractivity contribution is -0.121. The van der Waals surface area contributed by atoms with Crippen LogP contribution in [-0.2, 0) is 17.8 Å². The largest absolute Gasteiger partial charge is 0.351 e. The second kappa shape index (κ2) is 8.83. The summed E-state index contributed by atoms with van der Waals surface area (Å²) in [4.78, 5) is 20.1. The van der Waals surface area contributed by atoms with Crippen molar-refractivity contribution in [2.45, 2.75) is 25.9 Å². The van der Waals surface area contributed by atoms with Crippen LogP contribution in [0, 0.1) is 11.3 Å². The van der Waals surface area contributed by atoms with Gasteiger partial charge in [0.25, 0.3) is 0 Å². The van der Waals surface area contributed by atoms with E-state index in [1.54, 1.807) is 22.9 Å². The van der Waals surface area contributed by atoms with Gasteiger partial charge in [0.05, 0.1) is 47.3 Å². The van der Waals surface area contributed by atoms with Gasteiger partial charge in [0.2, 0.25) is 5.91 Å². The van der Waals surface area contributed by atoms with Crippen LogP contribution in [0.25, 0.3) is 11.3 Å². The summed E-state index contributed by atoms with van der Waals surface area (Å²) in [5.74, 6) is -0.157. The number of nitrogens with one attached hydrogen (secondary N) is 1. The maximum atomic E-state index is 12.1. The molecule has 0 unspecified atom stereocenters. The minimum absolute atomic E-state index is 0.128. The Morgan fingerprint density at radius 3 is 2.79 bits per heavy atom. The first-order valence-electron chi connectivity index (χ1n) is 8.44. The van der Waals surface area contributed by atoms with Gasteiger partial charge in [0, 0.05) is 17.8 Å². The Hall–Kier alpha value is -2.95. The van der Waals surface area contributed by atoms with Gasteiger partial charge in [-0.3, -0.25) is 14.5 Å². The topological polar surface area (TPSA) is 96.5 Å². The van der Waals surface area contributed by atoms with Crippen molar-refractivity contribution in [3.8, 4) is 17.3 Å². The van der Waals surface area contributed by atoms with Gasteiger partial charge >= 0.3 is 0 Å². The van der Waals surface area contributed by atoms with Crippen LogP contribution < -0.4 is 5.32 Å². The molecule has 0 saturated heterocycles. The Labute approximate surface area is 171 Å². The summed E-state index contributed by atoms with van der Waals surface area (Å²) in [7, 11) is 0. The van der Waals surface area contributed by atoms with Gasteiger partial charge in [-0.25, -0.2) is 4.98 Å². The van der Waals surface area contributed by atoms with Gasteiger partial charge in [0.1, 0.15) is 11.2 Å². The summed E-state index contributed by atoms with van der Waals surface area (Å²) in [5.41, 5.74) is 2.53. The van der Waals surface area contributed by atoms with E-state index in [9.17, 15) is 4.79 Å². The van der Waals surface area contributed by atoms with Crippen molar-refractivity contribution in [3.05, 3.63) is 64.3 Å². The summed E-state index contributed by atoms with van der Waals surface area (Å²) >= 11 is 11.8. The lowest BCUT2D eigenvalue weighted by atomic mass is 10.1. The molecular formula is C19H16Cl2N6O. The zero-order valence-corrected chi connectivity index (χ0v) is 16.4. The second-order valence-corrected chi connectivity index (χ2v) is 7.00. The van der Waals surface area contributed by atoms with Crippen LogP contribution in [-0.4, -0.2) is 31.7 Å². The number of nitrogens with zero attached hydrogens (tertiary/aromatic N) is 5. The van der Waals surface area contributed by atoms with Crippen LogP contribution in [0.15, 0.2) is 42.9 Å². The molecule has 0 spiro atoms. The van der Waals surface area contributed by atoms with E-state index < -0.39 is 0 Å². The number of benzene rings is 1. The molecule has 3 rings (SSSR count). The molecular weight excluding hydrogens is 399 g/mol. The first kappa shape index (κ1) is 19.8. The predicted octanol–water partition coefficient (Wildman–Crippen LogP) is 3.27. The number of rotatable bonds is 6. The van der Waals surface area contributed by atoms with E-state index in [0.29, 0.717) is 22.8 Å². The fraction of sp³-hybridized carbons (Fsp3) is 0.211. The van der Waals surface area contributed by atoms with Crippen LogP contribution in [0.2, 0.25) is 10.2 Å². The van der Waals surface area contributed by atoms with Crippen molar-refractivity contribution in [2.75, 3.05) is 0 Å². The first-order chi connectivity index (χ1) is 13.4. The number of carbonyl (C=O) groups excluding carboxylic acids is 1. The molecule has 1 N–H and O–H groups in total. The fourth-order valence-corrected chi connectivity index (χ4v) is 2.95. The molecule has 2 heterocycles. The quantitative estimate of drug-likeness (QED) is 0.667. The predicted molar refractivity (Wildman–Crippen MR) is 106 cm³/mol. The second-order valence-electron chi connectivity index (χ2n) is 6.21. The lowest BCUT2D eigenvalue weighted by Gasteiger charge is -2.13. The van der Waals surface area contributed by atoms with E-state index in [1.165, 1.54) is 12.4 Å². The van der Waals surface area contributed by atoms with Crippen LogP contribution in [0.4, 0.5) is 0 Å². The Balaban J connectivity index is 1.58. The normalized spacial score (nSPS) is 11.6. The molecule has 2 aromatic heterocycles. The van der Waals surface area contributed by atoms with Crippen LogP contribution >= 0.6 is 23.2 Å². The van der Waals surface area contributed by atoms with Crippen molar-refractivity contribution in [3.63, 3.8) is 0 Å². The number of amides is 1. The zero-order chi connectivity index (χ0) is 20.1. The first-order valence-corrected chi connectivity index (χ1v) is 9.19. The van der Waals surface area contributed by atoms with E-state index in [-0.39, 0.29) is 23.5 Å². The molecule has 0 aliphatic carbocycles. The molecule has 1 aromatic carbocycles. The van der Waals surface area contributed by atoms with Gasteiger partial charge in [-0.15, -0.1) is 0 Å². The average molecular weight is 415 g/mol. The third-order valence-electron chi connectivity index (χ3n) is 3.91. The number of halogens is 2. The molecule has 3 aromatic rings. The van der Waals surface area contributed by atoms with Gasteiger partial charge in [-0.2, -0.15) is 10.4 Å². The Morgan fingerprint density at radius 2 is 2.11 bits per heavy atom. The van der Waals surface area contributed by atoms with Crippen LogP contribution in [0.3, 0.4) is 0 Å². The molecule has 0 aliphatic heterocycles. The monoisotopic (exact) mass is 414 g/mol. The Bertz CT molecular complexity index is 1030. The maximum Gasteiger partial charge on any atom is 0.226 e. The smallest absolute Gasteiger partial charge is 0.226 e. The lowest BCUT2D eigenvalue weighted by Crippen LogP contribution is -2.36. The minimum atomic E-state index is -0.157. The number of hydrogen-bond donors (Lipinski definition) is 1. The van der Waals surface area contributed by atoms with Crippen molar-refractivity contribution >= 4 is 29.1 Å². The summed E-state index contributed by atoms with van der Waals surface area (Å²) < 4.78 is 1.74. The summed E-state index contributed by atoms with van der Waals surface area (Å²) in [6, 6.07) is 8.93. The number of aromatic nitrogens is 4. The van der Waals surface area contributed by atoms with E-state index >= 15 is 0 Å². The highest BCUT2D eigenvalue weighted by Crippen LogP contribution is 2.24. The van der Waals surface area contributed by atoms with Crippen LogP contribution in [0.1, 0.15) is 18.2 Å². The molecule has 9 heteroatoms. The molecule has 142 valence electrons. The summed E-state index contributed by atoms with van der Waals surface area (Å²) in [6.07, 6.45) is 4.85. The van der Waals surface area contributed by atoms with Gasteiger partial charge in [0.15, 0.2) is 0 Å². The Kier molecular flexibility index (Phi) is 6.24. The molecule has 0 fully saturated rings. The SMILES string of the molecule is C[C@@H](Cn1ccc(-c2ccc(C#N)c(Cl)c2)n1)NC(=O)Cc1cnc(Cl)cn1. The molecule has 0 saturated carbocycles. The fourth-order valence-electron chi connectivity index (χ4n) is 2.63. The van der Waals surface area contributed by atoms with Crippen molar-refractivity contribution < 1.29 is 4.79 Å². The molecule has 28 heavy (non-hydrogen) atoms. The van der Waals surface area contributed by atoms with Gasteiger partial charge in [-0.1, -0.05) is 29.3 Å². The number of hydrogen-bond acceptors (Lipinski definition) is 5. The van der Waals surface area contributed by atoms with Crippen LogP contribution in [0.5, 0.6) is 0 Å². The van der Waals surface area contributed by atoms with Gasteiger partial charge < -0.3 is 5.32 Å². The Morgan fingerprint density at radius 1 is 1.29 bits per heavy atom. The average Bonchev–Trinajstić information content (AvgIpc) is 3.11. The maximum absolute atomic E-state index is 12.1. The highest BCUT2D eigenvalue weighted by molar-refractivity contribution is 6.32. The summed E-state index contributed by atoms with van der Waals surface area (Å²) in [6.45, 7) is 2.40. The highest BCUT2D eigenvalue weighted by Gasteiger charge is 2.12. The highest BCUT2D eigenvalue weighted by atomic mass is 35.5. The van der Waals surface area contributed by atoms with Crippen molar-refractivity contribution in [1.29, 1.82) is 5.26 Å². The van der Waals surface area contributed by atoms with Gasteiger partial charge in [-0.05, 0) is 25.1 Å². The van der Waals surface area contributed by atoms with E-state index in [1.807, 2.05) is 25.3 Å². The standard InChI is InChI=1S/C19H16Cl2N6O/c1-12(25-19(28)7-15-9-24-18(21)10-23-15)11-27-5-4-17(26-27)13-2-3-14(8-22)16(20)6-13/h2-6,9-10,12H,7,11H2,1H3,(H,25,28)/t12-/m0/s1. The molecule has 7 nitrogen and oxygen atoms in total. The van der Waals surface area contributed by atoms with Crippen molar-refractivity contribution in [2.24, 2.45) is 0 Å². The molecule has 0 bridgehead atoms. The van der Waals surface area contributed by atoms with E-state index in [0.717, 1.165) is 11.3 Å². The number of carbonyl (C=O) groups is 1. The number of nitriles is 1.